The molecule has 0 N–H and O–H groups in total. The number of alkyl halides is 1. The average molecular weight is 204 g/mol. The monoisotopic (exact) mass is 204 g/mol. The molecule has 6 nitrogen and oxygen atoms in total. The van der Waals surface area contributed by atoms with Crippen LogP contribution < -0.4 is 0 Å². The number of ether oxygens (including phenoxy) is 4. The van der Waals surface area contributed by atoms with Crippen LogP contribution in [-0.2, 0) is 18.9 Å². The van der Waals surface area contributed by atoms with Gasteiger partial charge in [0.2, 0.25) is 6.10 Å². The molecule has 14 heavy (non-hydrogen) atoms. The SMILES string of the molecule is O=C1OC(F)C(C23CC2OC(=O)O3)O1. The molecular formula is C7H5FO6. The molecular weight excluding hydrogens is 199 g/mol. The first-order chi connectivity index (χ1) is 6.62. The molecule has 4 atom stereocenters. The summed E-state index contributed by atoms with van der Waals surface area (Å²) in [4.78, 5) is 21.3. The number of carbonyl (C=O) groups excluding carboxylic acids is 2. The molecule has 2 heterocycles. The highest BCUT2D eigenvalue weighted by molar-refractivity contribution is 5.68. The van der Waals surface area contributed by atoms with Gasteiger partial charge in [-0.15, -0.1) is 0 Å². The van der Waals surface area contributed by atoms with Crippen molar-refractivity contribution in [3.63, 3.8) is 0 Å². The van der Waals surface area contributed by atoms with Crippen molar-refractivity contribution in [3.8, 4) is 0 Å². The maximum atomic E-state index is 13.1. The van der Waals surface area contributed by atoms with E-state index in [2.05, 4.69) is 14.2 Å². The van der Waals surface area contributed by atoms with Crippen LogP contribution in [0.15, 0.2) is 0 Å². The van der Waals surface area contributed by atoms with Gasteiger partial charge in [-0.1, -0.05) is 0 Å². The molecule has 0 aromatic heterocycles. The minimum atomic E-state index is -1.90. The molecule has 0 aromatic rings. The quantitative estimate of drug-likeness (QED) is 0.579. The molecule has 0 amide bonds. The van der Waals surface area contributed by atoms with Crippen LogP contribution in [0, 0.1) is 0 Å². The smallest absolute Gasteiger partial charge is 0.426 e. The van der Waals surface area contributed by atoms with Crippen molar-refractivity contribution in [2.24, 2.45) is 0 Å². The molecule has 1 saturated carbocycles. The average Bonchev–Trinajstić information content (AvgIpc) is 2.48. The van der Waals surface area contributed by atoms with E-state index >= 15 is 0 Å². The van der Waals surface area contributed by atoms with Crippen molar-refractivity contribution in [1.82, 2.24) is 0 Å². The summed E-state index contributed by atoms with van der Waals surface area (Å²) in [5, 5.41) is 0. The standard InChI is InChI=1S/C7H5FO6/c8-4-3(12-5(9)13-4)7-1-2(7)11-6(10)14-7/h2-4H,1H2. The third-order valence-electron chi connectivity index (χ3n) is 2.55. The van der Waals surface area contributed by atoms with Crippen molar-refractivity contribution in [2.45, 2.75) is 30.6 Å². The Kier molecular flexibility index (Phi) is 1.18. The van der Waals surface area contributed by atoms with E-state index in [0.717, 1.165) is 0 Å². The number of hydrogen-bond acceptors (Lipinski definition) is 6. The Hall–Kier alpha value is -1.53. The Balaban J connectivity index is 1.84. The molecule has 4 unspecified atom stereocenters. The molecule has 0 bridgehead atoms. The number of fused-ring (bicyclic) bond motifs is 1. The molecule has 0 aromatic carbocycles. The van der Waals surface area contributed by atoms with Gasteiger partial charge in [-0.3, -0.25) is 0 Å². The Bertz CT molecular complexity index is 330. The molecule has 0 radical (unpaired) electrons. The summed E-state index contributed by atoms with van der Waals surface area (Å²) in [6.07, 6.45) is -5.25. The van der Waals surface area contributed by atoms with Crippen LogP contribution in [0.2, 0.25) is 0 Å². The number of carbonyl (C=O) groups is 2. The number of halogens is 1. The highest BCUT2D eigenvalue weighted by atomic mass is 19.1. The van der Waals surface area contributed by atoms with Gasteiger partial charge in [0, 0.05) is 6.42 Å². The van der Waals surface area contributed by atoms with Gasteiger partial charge in [0.25, 0.3) is 6.36 Å². The second kappa shape index (κ2) is 2.10. The number of cyclic esters (lactones) is 2. The zero-order valence-electron chi connectivity index (χ0n) is 6.77. The summed E-state index contributed by atoms with van der Waals surface area (Å²) >= 11 is 0. The predicted octanol–water partition coefficient (Wildman–Crippen LogP) is 0.495. The molecule has 3 rings (SSSR count). The third-order valence-corrected chi connectivity index (χ3v) is 2.55. The Morgan fingerprint density at radius 3 is 2.50 bits per heavy atom. The fourth-order valence-electron chi connectivity index (χ4n) is 1.79. The Morgan fingerprint density at radius 2 is 2.00 bits per heavy atom. The summed E-state index contributed by atoms with van der Waals surface area (Å²) in [6, 6.07) is 0. The lowest BCUT2D eigenvalue weighted by molar-refractivity contribution is -0.0455. The number of hydrogen-bond donors (Lipinski definition) is 0. The molecule has 2 saturated heterocycles. The minimum Gasteiger partial charge on any atom is -0.426 e. The van der Waals surface area contributed by atoms with E-state index in [1.54, 1.807) is 0 Å². The predicted molar refractivity (Wildman–Crippen MR) is 35.0 cm³/mol. The maximum absolute atomic E-state index is 13.1. The fraction of sp³-hybridized carbons (Fsp3) is 0.714. The van der Waals surface area contributed by atoms with Crippen molar-refractivity contribution >= 4 is 12.3 Å². The van der Waals surface area contributed by atoms with Crippen LogP contribution in [0.4, 0.5) is 14.0 Å². The summed E-state index contributed by atoms with van der Waals surface area (Å²) in [7, 11) is 0. The van der Waals surface area contributed by atoms with Crippen LogP contribution in [0.1, 0.15) is 6.42 Å². The highest BCUT2D eigenvalue weighted by Crippen LogP contribution is 2.53. The van der Waals surface area contributed by atoms with E-state index < -0.39 is 36.5 Å². The van der Waals surface area contributed by atoms with Crippen LogP contribution in [0.3, 0.4) is 0 Å². The largest absolute Gasteiger partial charge is 0.511 e. The van der Waals surface area contributed by atoms with Gasteiger partial charge in [-0.25, -0.2) is 9.59 Å². The normalized spacial score (nSPS) is 48.8. The molecule has 76 valence electrons. The van der Waals surface area contributed by atoms with Crippen molar-refractivity contribution in [1.29, 1.82) is 0 Å². The van der Waals surface area contributed by atoms with E-state index in [9.17, 15) is 14.0 Å². The summed E-state index contributed by atoms with van der Waals surface area (Å²) in [5.41, 5.74) is -1.15. The minimum absolute atomic E-state index is 0.334. The Labute approximate surface area is 76.9 Å². The molecule has 2 aliphatic heterocycles. The summed E-state index contributed by atoms with van der Waals surface area (Å²) in [6.45, 7) is 0. The van der Waals surface area contributed by atoms with E-state index in [-0.39, 0.29) is 0 Å². The second-order valence-corrected chi connectivity index (χ2v) is 3.38. The van der Waals surface area contributed by atoms with Gasteiger partial charge in [0.05, 0.1) is 0 Å². The van der Waals surface area contributed by atoms with Gasteiger partial charge in [-0.05, 0) is 0 Å². The van der Waals surface area contributed by atoms with Crippen LogP contribution in [0.25, 0.3) is 0 Å². The van der Waals surface area contributed by atoms with Crippen molar-refractivity contribution in [3.05, 3.63) is 0 Å². The fourth-order valence-corrected chi connectivity index (χ4v) is 1.79. The second-order valence-electron chi connectivity index (χ2n) is 3.38. The maximum Gasteiger partial charge on any atom is 0.511 e. The first-order valence-corrected chi connectivity index (χ1v) is 4.03. The van der Waals surface area contributed by atoms with Gasteiger partial charge in [-0.2, -0.15) is 4.39 Å². The van der Waals surface area contributed by atoms with Crippen LogP contribution >= 0.6 is 0 Å². The lowest BCUT2D eigenvalue weighted by atomic mass is 10.2. The summed E-state index contributed by atoms with van der Waals surface area (Å²) in [5.74, 6) is 0. The molecule has 3 fully saturated rings. The topological polar surface area (TPSA) is 71.1 Å². The van der Waals surface area contributed by atoms with Crippen molar-refractivity contribution < 1.29 is 32.9 Å². The van der Waals surface area contributed by atoms with Gasteiger partial charge < -0.3 is 18.9 Å². The van der Waals surface area contributed by atoms with Gasteiger partial charge >= 0.3 is 12.3 Å². The highest BCUT2D eigenvalue weighted by Gasteiger charge is 2.75. The lowest BCUT2D eigenvalue weighted by Crippen LogP contribution is -2.37. The van der Waals surface area contributed by atoms with E-state index in [1.165, 1.54) is 0 Å². The zero-order chi connectivity index (χ0) is 9.92. The first-order valence-electron chi connectivity index (χ1n) is 4.03. The Morgan fingerprint density at radius 1 is 1.21 bits per heavy atom. The van der Waals surface area contributed by atoms with E-state index in [1.807, 2.05) is 0 Å². The third kappa shape index (κ3) is 0.790. The lowest BCUT2D eigenvalue weighted by Gasteiger charge is -2.15. The van der Waals surface area contributed by atoms with Gasteiger partial charge in [0.15, 0.2) is 11.7 Å². The van der Waals surface area contributed by atoms with E-state index in [0.29, 0.717) is 6.42 Å². The molecule has 7 heteroatoms. The van der Waals surface area contributed by atoms with Crippen LogP contribution in [0.5, 0.6) is 0 Å². The zero-order valence-corrected chi connectivity index (χ0v) is 6.77. The first kappa shape index (κ1) is 7.84. The molecule has 0 spiro atoms. The molecule has 1 aliphatic carbocycles. The summed E-state index contributed by atoms with van der Waals surface area (Å²) < 4.78 is 31.2. The van der Waals surface area contributed by atoms with E-state index in [4.69, 9.17) is 4.74 Å². The molecule has 3 aliphatic rings. The van der Waals surface area contributed by atoms with Gasteiger partial charge in [0.1, 0.15) is 0 Å². The van der Waals surface area contributed by atoms with Crippen LogP contribution in [-0.4, -0.2) is 36.5 Å². The van der Waals surface area contributed by atoms with Crippen molar-refractivity contribution in [2.75, 3.05) is 0 Å². The number of rotatable bonds is 1.